The minimum absolute atomic E-state index is 1.17. The van der Waals surface area contributed by atoms with Crippen LogP contribution >= 0.6 is 0 Å². The van der Waals surface area contributed by atoms with Crippen LogP contribution in [0.4, 0.5) is 0 Å². The van der Waals surface area contributed by atoms with Crippen molar-refractivity contribution in [3.8, 4) is 0 Å². The number of hydrogen-bond donors (Lipinski definition) is 0. The highest BCUT2D eigenvalue weighted by molar-refractivity contribution is 6.84. The molecule has 27 heavy (non-hydrogen) atoms. The van der Waals surface area contributed by atoms with Gasteiger partial charge in [0, 0.05) is 0 Å². The van der Waals surface area contributed by atoms with E-state index in [2.05, 4.69) is 103 Å². The van der Waals surface area contributed by atoms with Crippen LogP contribution < -0.4 is 0 Å². The molecule has 0 bridgehead atoms. The Balaban J connectivity index is 1.71. The smallest absolute Gasteiger partial charge is 0.0780 e. The molecule has 0 saturated heterocycles. The van der Waals surface area contributed by atoms with E-state index in [-0.39, 0.29) is 0 Å². The summed E-state index contributed by atoms with van der Waals surface area (Å²) < 4.78 is 0. The van der Waals surface area contributed by atoms with Crippen LogP contribution in [-0.2, 0) is 19.3 Å². The summed E-state index contributed by atoms with van der Waals surface area (Å²) in [5.74, 6) is 0. The summed E-state index contributed by atoms with van der Waals surface area (Å²) in [5.41, 5.74) is 6.74. The van der Waals surface area contributed by atoms with Crippen LogP contribution in [0.1, 0.15) is 16.7 Å². The predicted octanol–water partition coefficient (Wildman–Crippen LogP) is 6.89. The molecule has 0 nitrogen and oxygen atoms in total. The van der Waals surface area contributed by atoms with Gasteiger partial charge in [0.25, 0.3) is 0 Å². The molecule has 0 unspecified atom stereocenters. The van der Waals surface area contributed by atoms with Crippen LogP contribution in [0, 0.1) is 0 Å². The molecule has 0 aliphatic rings. The van der Waals surface area contributed by atoms with Gasteiger partial charge in [-0.15, -0.1) is 12.3 Å². The zero-order valence-corrected chi connectivity index (χ0v) is 17.2. The number of rotatable bonds is 10. The van der Waals surface area contributed by atoms with E-state index >= 15 is 0 Å². The SMILES string of the molecule is C=C[Si](CCc1ccccc1)(CCc1ccccc1)CCc1ccccc1. The molecule has 0 amide bonds. The van der Waals surface area contributed by atoms with Gasteiger partial charge in [0.1, 0.15) is 0 Å². The summed E-state index contributed by atoms with van der Waals surface area (Å²) in [5, 5.41) is 0. The van der Waals surface area contributed by atoms with Gasteiger partial charge >= 0.3 is 0 Å². The maximum atomic E-state index is 4.33. The highest BCUT2D eigenvalue weighted by atomic mass is 28.3. The lowest BCUT2D eigenvalue weighted by Crippen LogP contribution is -2.33. The topological polar surface area (TPSA) is 0 Å². The summed E-state index contributed by atoms with van der Waals surface area (Å²) in [7, 11) is -1.55. The fraction of sp³-hybridized carbons (Fsp3) is 0.231. The lowest BCUT2D eigenvalue weighted by atomic mass is 10.2. The number of benzene rings is 3. The molecule has 0 aliphatic heterocycles. The Hall–Kier alpha value is -2.38. The second kappa shape index (κ2) is 10.1. The Labute approximate surface area is 165 Å². The van der Waals surface area contributed by atoms with E-state index in [1.165, 1.54) is 54.1 Å². The highest BCUT2D eigenvalue weighted by Crippen LogP contribution is 2.28. The fourth-order valence-corrected chi connectivity index (χ4v) is 7.52. The maximum absolute atomic E-state index is 4.33. The van der Waals surface area contributed by atoms with Gasteiger partial charge in [-0.1, -0.05) is 91.0 Å². The Morgan fingerprint density at radius 2 is 0.815 bits per heavy atom. The molecule has 0 spiro atoms. The van der Waals surface area contributed by atoms with E-state index in [1.54, 1.807) is 0 Å². The molecule has 0 aromatic heterocycles. The lowest BCUT2D eigenvalue weighted by Gasteiger charge is -2.29. The fourth-order valence-electron chi connectivity index (χ4n) is 3.80. The Bertz CT molecular complexity index is 687. The molecular formula is C26H30Si. The van der Waals surface area contributed by atoms with Crippen molar-refractivity contribution in [2.75, 3.05) is 0 Å². The van der Waals surface area contributed by atoms with Crippen molar-refractivity contribution in [1.29, 1.82) is 0 Å². The molecule has 138 valence electrons. The van der Waals surface area contributed by atoms with E-state index < -0.39 is 8.07 Å². The van der Waals surface area contributed by atoms with Gasteiger partial charge in [0.2, 0.25) is 0 Å². The molecule has 0 radical (unpaired) electrons. The first kappa shape index (κ1) is 19.4. The molecule has 0 fully saturated rings. The summed E-state index contributed by atoms with van der Waals surface area (Å²) in [6.07, 6.45) is 3.51. The minimum atomic E-state index is -1.55. The van der Waals surface area contributed by atoms with Crippen molar-refractivity contribution in [2.45, 2.75) is 37.4 Å². The zero-order valence-electron chi connectivity index (χ0n) is 16.2. The van der Waals surface area contributed by atoms with Gasteiger partial charge in [0.05, 0.1) is 8.07 Å². The largest absolute Gasteiger partial charge is 0.107 e. The predicted molar refractivity (Wildman–Crippen MR) is 121 cm³/mol. The van der Waals surface area contributed by atoms with Crippen LogP contribution in [0.5, 0.6) is 0 Å². The van der Waals surface area contributed by atoms with Gasteiger partial charge < -0.3 is 0 Å². The number of hydrogen-bond acceptors (Lipinski definition) is 0. The maximum Gasteiger partial charge on any atom is 0.0780 e. The first-order valence-corrected chi connectivity index (χ1v) is 12.7. The van der Waals surface area contributed by atoms with E-state index in [1.807, 2.05) is 0 Å². The third kappa shape index (κ3) is 6.08. The van der Waals surface area contributed by atoms with Gasteiger partial charge in [-0.2, -0.15) is 0 Å². The van der Waals surface area contributed by atoms with E-state index in [9.17, 15) is 0 Å². The molecule has 0 atom stereocenters. The molecule has 3 aromatic rings. The van der Waals surface area contributed by atoms with E-state index in [0.717, 1.165) is 0 Å². The Kier molecular flexibility index (Phi) is 7.24. The third-order valence-electron chi connectivity index (χ3n) is 5.70. The third-order valence-corrected chi connectivity index (χ3v) is 10.3. The van der Waals surface area contributed by atoms with Crippen molar-refractivity contribution in [3.05, 3.63) is 120 Å². The minimum Gasteiger partial charge on any atom is -0.107 e. The summed E-state index contributed by atoms with van der Waals surface area (Å²) in [6.45, 7) is 4.33. The van der Waals surface area contributed by atoms with Crippen LogP contribution in [0.2, 0.25) is 18.1 Å². The van der Waals surface area contributed by atoms with Crippen molar-refractivity contribution < 1.29 is 0 Å². The Morgan fingerprint density at radius 3 is 1.07 bits per heavy atom. The van der Waals surface area contributed by atoms with Gasteiger partial charge in [-0.25, -0.2) is 0 Å². The van der Waals surface area contributed by atoms with E-state index in [4.69, 9.17) is 0 Å². The van der Waals surface area contributed by atoms with Gasteiger partial charge in [0.15, 0.2) is 0 Å². The van der Waals surface area contributed by atoms with Crippen LogP contribution in [0.3, 0.4) is 0 Å². The normalized spacial score (nSPS) is 11.3. The summed E-state index contributed by atoms with van der Waals surface area (Å²) in [6, 6.07) is 36.7. The first-order chi connectivity index (χ1) is 13.3. The van der Waals surface area contributed by atoms with Crippen LogP contribution in [0.25, 0.3) is 0 Å². The monoisotopic (exact) mass is 370 g/mol. The average Bonchev–Trinajstić information content (AvgIpc) is 2.76. The molecule has 0 heterocycles. The molecule has 3 rings (SSSR count). The zero-order chi connectivity index (χ0) is 18.8. The van der Waals surface area contributed by atoms with Crippen molar-refractivity contribution in [3.63, 3.8) is 0 Å². The second-order valence-electron chi connectivity index (χ2n) is 7.52. The lowest BCUT2D eigenvalue weighted by molar-refractivity contribution is 0.978. The second-order valence-corrected chi connectivity index (χ2v) is 12.2. The van der Waals surface area contributed by atoms with Gasteiger partial charge in [-0.05, 0) is 54.1 Å². The molecule has 0 saturated carbocycles. The number of aryl methyl sites for hydroxylation is 3. The van der Waals surface area contributed by atoms with Crippen LogP contribution in [0.15, 0.2) is 103 Å². The molecule has 1 heteroatoms. The Morgan fingerprint density at radius 1 is 0.519 bits per heavy atom. The van der Waals surface area contributed by atoms with Crippen molar-refractivity contribution in [2.24, 2.45) is 0 Å². The van der Waals surface area contributed by atoms with E-state index in [0.29, 0.717) is 0 Å². The van der Waals surface area contributed by atoms with Gasteiger partial charge in [-0.3, -0.25) is 0 Å². The van der Waals surface area contributed by atoms with Crippen molar-refractivity contribution >= 4 is 8.07 Å². The molecule has 3 aromatic carbocycles. The molecular weight excluding hydrogens is 340 g/mol. The molecule has 0 aliphatic carbocycles. The standard InChI is InChI=1S/C26H30Si/c1-2-27(21-18-24-12-6-3-7-13-24,22-19-25-14-8-4-9-15-25)23-20-26-16-10-5-11-17-26/h2-17H,1,18-23H2. The van der Waals surface area contributed by atoms with Crippen molar-refractivity contribution in [1.82, 2.24) is 0 Å². The first-order valence-electron chi connectivity index (χ1n) is 10.1. The summed E-state index contributed by atoms with van der Waals surface area (Å²) in [4.78, 5) is 0. The average molecular weight is 371 g/mol. The van der Waals surface area contributed by atoms with Crippen LogP contribution in [-0.4, -0.2) is 8.07 Å². The highest BCUT2D eigenvalue weighted by Gasteiger charge is 2.28. The molecule has 0 N–H and O–H groups in total. The quantitative estimate of drug-likeness (QED) is 0.341. The summed E-state index contributed by atoms with van der Waals surface area (Å²) >= 11 is 0.